The molecule has 0 aromatic heterocycles. The van der Waals surface area contributed by atoms with Crippen LogP contribution in [0.4, 0.5) is 0 Å². The second kappa shape index (κ2) is 9.77. The van der Waals surface area contributed by atoms with Gasteiger partial charge in [0.1, 0.15) is 16.5 Å². The highest BCUT2D eigenvalue weighted by atomic mass is 35.5. The van der Waals surface area contributed by atoms with Crippen LogP contribution in [0.15, 0.2) is 45.7 Å². The fraction of sp³-hybridized carbons (Fsp3) is 0.409. The third kappa shape index (κ3) is 5.52. The van der Waals surface area contributed by atoms with Gasteiger partial charge in [0.15, 0.2) is 0 Å². The molecule has 2 aromatic carbocycles. The molecule has 1 N–H and O–H groups in total. The molecule has 0 saturated carbocycles. The summed E-state index contributed by atoms with van der Waals surface area (Å²) >= 11 is 12.0. The van der Waals surface area contributed by atoms with Gasteiger partial charge < -0.3 is 10.1 Å². The maximum absolute atomic E-state index is 12.2. The quantitative estimate of drug-likeness (QED) is 0.589. The van der Waals surface area contributed by atoms with Gasteiger partial charge in [0.05, 0.1) is 16.7 Å². The summed E-state index contributed by atoms with van der Waals surface area (Å²) in [4.78, 5) is 2.56. The van der Waals surface area contributed by atoms with Crippen LogP contribution in [0.25, 0.3) is 0 Å². The lowest BCUT2D eigenvalue weighted by molar-refractivity contribution is 0.220. The van der Waals surface area contributed by atoms with E-state index in [4.69, 9.17) is 27.9 Å². The molecule has 2 aromatic rings. The summed E-state index contributed by atoms with van der Waals surface area (Å²) in [6.07, 6.45) is 4.57. The third-order valence-electron chi connectivity index (χ3n) is 5.40. The minimum atomic E-state index is -3.75. The van der Waals surface area contributed by atoms with E-state index < -0.39 is 10.0 Å². The summed E-state index contributed by atoms with van der Waals surface area (Å²) in [5.41, 5.74) is 1.70. The first-order valence-electron chi connectivity index (χ1n) is 10.4. The van der Waals surface area contributed by atoms with Gasteiger partial charge in [0.25, 0.3) is 10.0 Å². The van der Waals surface area contributed by atoms with Crippen molar-refractivity contribution in [3.05, 3.63) is 57.6 Å². The third-order valence-corrected chi connectivity index (χ3v) is 7.44. The molecule has 2 aliphatic rings. The molecule has 0 spiro atoms. The minimum absolute atomic E-state index is 0.0752. The first kappa shape index (κ1) is 22.4. The van der Waals surface area contributed by atoms with Crippen LogP contribution in [-0.2, 0) is 16.6 Å². The number of piperidine rings is 1. The number of rotatable bonds is 7. The number of hydrogen-bond donors (Lipinski definition) is 1. The Balaban J connectivity index is 1.27. The number of halogens is 2. The standard InChI is InChI=1S/C22H25Cl2N3O3S/c23-19-13-18-21(14-20(19)24)31(28,29)26-22(18)25-8-5-11-30-17-7-4-6-16(12-17)15-27-9-2-1-3-10-27/h4,6-7,12-14H,1-3,5,8-11,15H2,(H,25,26). The molecule has 0 aliphatic carbocycles. The Morgan fingerprint density at radius 1 is 1.06 bits per heavy atom. The molecular formula is C22H25Cl2N3O3S. The maximum atomic E-state index is 12.2. The van der Waals surface area contributed by atoms with E-state index in [2.05, 4.69) is 26.7 Å². The summed E-state index contributed by atoms with van der Waals surface area (Å²) in [6, 6.07) is 11.1. The molecule has 0 bridgehead atoms. The monoisotopic (exact) mass is 481 g/mol. The summed E-state index contributed by atoms with van der Waals surface area (Å²) in [5.74, 6) is 1.14. The molecule has 166 valence electrons. The van der Waals surface area contributed by atoms with E-state index in [1.807, 2.05) is 12.1 Å². The summed E-state index contributed by atoms with van der Waals surface area (Å²) in [7, 11) is -3.75. The SMILES string of the molecule is O=S1(=O)N=C(NCCCOc2cccc(CN3CCCCC3)c2)c2cc(Cl)c(Cl)cc21. The van der Waals surface area contributed by atoms with Crippen LogP contribution < -0.4 is 10.1 Å². The smallest absolute Gasteiger partial charge is 0.285 e. The molecule has 31 heavy (non-hydrogen) atoms. The van der Waals surface area contributed by atoms with Gasteiger partial charge in [-0.2, -0.15) is 8.42 Å². The van der Waals surface area contributed by atoms with Crippen LogP contribution in [0.2, 0.25) is 10.0 Å². The molecule has 4 rings (SSSR count). The molecule has 2 aliphatic heterocycles. The molecule has 0 amide bonds. The predicted octanol–water partition coefficient (Wildman–Crippen LogP) is 4.49. The van der Waals surface area contributed by atoms with Gasteiger partial charge in [0, 0.05) is 18.7 Å². The Morgan fingerprint density at radius 3 is 2.65 bits per heavy atom. The highest BCUT2D eigenvalue weighted by molar-refractivity contribution is 7.90. The van der Waals surface area contributed by atoms with Gasteiger partial charge in [-0.3, -0.25) is 4.90 Å². The van der Waals surface area contributed by atoms with Gasteiger partial charge in [-0.1, -0.05) is 41.8 Å². The van der Waals surface area contributed by atoms with Crippen LogP contribution in [0, 0.1) is 0 Å². The van der Waals surface area contributed by atoms with Gasteiger partial charge in [-0.05, 0) is 62.2 Å². The zero-order chi connectivity index (χ0) is 21.8. The first-order chi connectivity index (χ1) is 14.9. The largest absolute Gasteiger partial charge is 0.494 e. The zero-order valence-electron chi connectivity index (χ0n) is 17.1. The van der Waals surface area contributed by atoms with Crippen molar-refractivity contribution in [2.24, 2.45) is 4.40 Å². The van der Waals surface area contributed by atoms with E-state index in [0.29, 0.717) is 30.2 Å². The number of nitrogens with zero attached hydrogens (tertiary/aromatic N) is 2. The van der Waals surface area contributed by atoms with Crippen LogP contribution >= 0.6 is 23.2 Å². The normalized spacial score (nSPS) is 17.8. The topological polar surface area (TPSA) is 71.0 Å². The molecule has 0 unspecified atom stereocenters. The Labute approximate surface area is 193 Å². The van der Waals surface area contributed by atoms with E-state index >= 15 is 0 Å². The van der Waals surface area contributed by atoms with Crippen molar-refractivity contribution >= 4 is 39.1 Å². The summed E-state index contributed by atoms with van der Waals surface area (Å²) in [6.45, 7) is 4.31. The molecule has 0 atom stereocenters. The van der Waals surface area contributed by atoms with Crippen molar-refractivity contribution in [1.29, 1.82) is 0 Å². The molecule has 9 heteroatoms. The lowest BCUT2D eigenvalue weighted by Gasteiger charge is -2.26. The number of benzene rings is 2. The molecule has 6 nitrogen and oxygen atoms in total. The lowest BCUT2D eigenvalue weighted by Crippen LogP contribution is -2.29. The number of nitrogens with one attached hydrogen (secondary N) is 1. The number of sulfonamides is 1. The molecule has 1 fully saturated rings. The summed E-state index contributed by atoms with van der Waals surface area (Å²) < 4.78 is 34.1. The zero-order valence-corrected chi connectivity index (χ0v) is 19.4. The van der Waals surface area contributed by atoms with Crippen molar-refractivity contribution < 1.29 is 13.2 Å². The molecular weight excluding hydrogens is 457 g/mol. The molecule has 0 radical (unpaired) electrons. The first-order valence-corrected chi connectivity index (χ1v) is 12.6. The van der Waals surface area contributed by atoms with E-state index in [9.17, 15) is 8.42 Å². The molecule has 2 heterocycles. The van der Waals surface area contributed by atoms with Crippen molar-refractivity contribution in [1.82, 2.24) is 10.2 Å². The fourth-order valence-corrected chi connectivity index (χ4v) is 5.45. The van der Waals surface area contributed by atoms with Crippen LogP contribution in [-0.4, -0.2) is 45.4 Å². The van der Waals surface area contributed by atoms with Crippen LogP contribution in [0.1, 0.15) is 36.8 Å². The van der Waals surface area contributed by atoms with Gasteiger partial charge >= 0.3 is 0 Å². The van der Waals surface area contributed by atoms with Gasteiger partial charge in [-0.25, -0.2) is 0 Å². The maximum Gasteiger partial charge on any atom is 0.285 e. The highest BCUT2D eigenvalue weighted by Crippen LogP contribution is 2.33. The Morgan fingerprint density at radius 2 is 1.84 bits per heavy atom. The van der Waals surface area contributed by atoms with Crippen molar-refractivity contribution in [3.8, 4) is 5.75 Å². The second-order valence-corrected chi connectivity index (χ2v) is 10.2. The second-order valence-electron chi connectivity index (χ2n) is 7.79. The summed E-state index contributed by atoms with van der Waals surface area (Å²) in [5, 5.41) is 3.56. The number of likely N-dealkylation sites (tertiary alicyclic amines) is 1. The minimum Gasteiger partial charge on any atom is -0.494 e. The van der Waals surface area contributed by atoms with Gasteiger partial charge in [-0.15, -0.1) is 4.40 Å². The number of amidine groups is 1. The lowest BCUT2D eigenvalue weighted by atomic mass is 10.1. The van der Waals surface area contributed by atoms with Crippen LogP contribution in [0.5, 0.6) is 5.75 Å². The van der Waals surface area contributed by atoms with E-state index in [1.165, 1.54) is 37.0 Å². The average molecular weight is 482 g/mol. The fourth-order valence-electron chi connectivity index (χ4n) is 3.85. The van der Waals surface area contributed by atoms with Crippen molar-refractivity contribution in [2.75, 3.05) is 26.2 Å². The van der Waals surface area contributed by atoms with Gasteiger partial charge in [0.2, 0.25) is 0 Å². The molecule has 1 saturated heterocycles. The van der Waals surface area contributed by atoms with E-state index in [-0.39, 0.29) is 15.8 Å². The van der Waals surface area contributed by atoms with E-state index in [0.717, 1.165) is 25.4 Å². The Kier molecular flexibility index (Phi) is 7.06. The average Bonchev–Trinajstić information content (AvgIpc) is 2.99. The number of ether oxygens (including phenoxy) is 1. The Hall–Kier alpha value is -1.80. The number of fused-ring (bicyclic) bond motifs is 1. The number of hydrogen-bond acceptors (Lipinski definition) is 5. The Bertz CT molecular complexity index is 1080. The predicted molar refractivity (Wildman–Crippen MR) is 124 cm³/mol. The van der Waals surface area contributed by atoms with Crippen molar-refractivity contribution in [2.45, 2.75) is 37.1 Å². The van der Waals surface area contributed by atoms with E-state index in [1.54, 1.807) is 0 Å². The van der Waals surface area contributed by atoms with Crippen molar-refractivity contribution in [3.63, 3.8) is 0 Å². The highest BCUT2D eigenvalue weighted by Gasteiger charge is 2.30. The van der Waals surface area contributed by atoms with Crippen LogP contribution in [0.3, 0.4) is 0 Å².